The van der Waals surface area contributed by atoms with Gasteiger partial charge in [0.15, 0.2) is 0 Å². The van der Waals surface area contributed by atoms with Crippen molar-refractivity contribution in [2.24, 2.45) is 5.73 Å². The SMILES string of the molecule is NC(=O)[C@@H]1Cc2ccccc2CN1Cc1nc2scc(-c3ccc(Cl)cc3)c2c(=O)[nH]1. The molecule has 0 unspecified atom stereocenters. The molecule has 1 atom stereocenters. The number of thiophene rings is 1. The normalized spacial score (nSPS) is 16.4. The Morgan fingerprint density at radius 2 is 1.94 bits per heavy atom. The first-order chi connectivity index (χ1) is 15.0. The molecule has 0 bridgehead atoms. The Labute approximate surface area is 187 Å². The number of halogens is 1. The molecule has 0 aliphatic carbocycles. The van der Waals surface area contributed by atoms with Gasteiger partial charge >= 0.3 is 0 Å². The maximum Gasteiger partial charge on any atom is 0.260 e. The standard InChI is InChI=1S/C23H19ClN4O2S/c24-16-7-5-13(6-8-16)17-12-31-23-20(17)22(30)26-19(27-23)11-28-10-15-4-2-1-3-14(15)9-18(28)21(25)29/h1-8,12,18H,9-11H2,(H2,25,29)(H,26,27,30)/t18-/m0/s1. The van der Waals surface area contributed by atoms with E-state index in [0.29, 0.717) is 40.6 Å². The van der Waals surface area contributed by atoms with Crippen LogP contribution in [0.5, 0.6) is 0 Å². The van der Waals surface area contributed by atoms with E-state index in [1.807, 2.05) is 40.6 Å². The Morgan fingerprint density at radius 1 is 1.19 bits per heavy atom. The quantitative estimate of drug-likeness (QED) is 0.495. The van der Waals surface area contributed by atoms with Crippen molar-refractivity contribution < 1.29 is 4.79 Å². The van der Waals surface area contributed by atoms with Crippen LogP contribution in [-0.4, -0.2) is 26.8 Å². The van der Waals surface area contributed by atoms with E-state index in [9.17, 15) is 9.59 Å². The Morgan fingerprint density at radius 3 is 2.68 bits per heavy atom. The Balaban J connectivity index is 1.49. The molecule has 31 heavy (non-hydrogen) atoms. The molecule has 5 rings (SSSR count). The zero-order valence-electron chi connectivity index (χ0n) is 16.5. The Hall–Kier alpha value is -3.00. The minimum Gasteiger partial charge on any atom is -0.368 e. The van der Waals surface area contributed by atoms with Gasteiger partial charge < -0.3 is 10.7 Å². The van der Waals surface area contributed by atoms with E-state index in [4.69, 9.17) is 17.3 Å². The smallest absolute Gasteiger partial charge is 0.260 e. The van der Waals surface area contributed by atoms with Crippen LogP contribution in [0.4, 0.5) is 0 Å². The van der Waals surface area contributed by atoms with Gasteiger partial charge in [-0.1, -0.05) is 48.0 Å². The fraction of sp³-hybridized carbons (Fsp3) is 0.174. The summed E-state index contributed by atoms with van der Waals surface area (Å²) in [6, 6.07) is 15.0. The number of nitrogens with one attached hydrogen (secondary N) is 1. The van der Waals surface area contributed by atoms with Gasteiger partial charge in [-0.2, -0.15) is 0 Å². The van der Waals surface area contributed by atoms with Crippen LogP contribution in [0.2, 0.25) is 5.02 Å². The molecule has 1 aliphatic rings. The lowest BCUT2D eigenvalue weighted by molar-refractivity contribution is -0.124. The van der Waals surface area contributed by atoms with Gasteiger partial charge in [-0.05, 0) is 35.2 Å². The van der Waals surface area contributed by atoms with Crippen molar-refractivity contribution in [2.75, 3.05) is 0 Å². The first kappa shape index (κ1) is 19.9. The number of aromatic nitrogens is 2. The van der Waals surface area contributed by atoms with Gasteiger partial charge in [0.05, 0.1) is 18.0 Å². The average Bonchev–Trinajstić information content (AvgIpc) is 3.18. The van der Waals surface area contributed by atoms with E-state index in [1.165, 1.54) is 11.3 Å². The molecule has 2 aromatic heterocycles. The molecule has 6 nitrogen and oxygen atoms in total. The second-order valence-electron chi connectivity index (χ2n) is 7.65. The van der Waals surface area contributed by atoms with Gasteiger partial charge in [-0.25, -0.2) is 4.98 Å². The lowest BCUT2D eigenvalue weighted by atomic mass is 9.93. The van der Waals surface area contributed by atoms with E-state index in [-0.39, 0.29) is 11.5 Å². The number of rotatable bonds is 4. The number of nitrogens with two attached hydrogens (primary N) is 1. The van der Waals surface area contributed by atoms with Gasteiger partial charge in [0.25, 0.3) is 5.56 Å². The number of nitrogens with zero attached hydrogens (tertiary/aromatic N) is 2. The molecule has 156 valence electrons. The number of aromatic amines is 1. The molecule has 0 spiro atoms. The van der Waals surface area contributed by atoms with Gasteiger partial charge in [0, 0.05) is 22.5 Å². The van der Waals surface area contributed by atoms with E-state index >= 15 is 0 Å². The molecular weight excluding hydrogens is 432 g/mol. The number of amides is 1. The van der Waals surface area contributed by atoms with Crippen molar-refractivity contribution in [2.45, 2.75) is 25.6 Å². The fourth-order valence-electron chi connectivity index (χ4n) is 4.13. The largest absolute Gasteiger partial charge is 0.368 e. The third kappa shape index (κ3) is 3.76. The number of fused-ring (bicyclic) bond motifs is 2. The van der Waals surface area contributed by atoms with E-state index < -0.39 is 6.04 Å². The molecule has 2 aromatic carbocycles. The first-order valence-corrected chi connectivity index (χ1v) is 11.1. The fourth-order valence-corrected chi connectivity index (χ4v) is 5.22. The van der Waals surface area contributed by atoms with Gasteiger partial charge in [0.2, 0.25) is 5.91 Å². The number of hydrogen-bond acceptors (Lipinski definition) is 5. The molecular formula is C23H19ClN4O2S. The van der Waals surface area contributed by atoms with Crippen molar-refractivity contribution in [3.63, 3.8) is 0 Å². The zero-order chi connectivity index (χ0) is 21.5. The number of carbonyl (C=O) groups is 1. The number of hydrogen-bond donors (Lipinski definition) is 2. The van der Waals surface area contributed by atoms with Crippen LogP contribution in [0.15, 0.2) is 58.7 Å². The summed E-state index contributed by atoms with van der Waals surface area (Å²) in [6.45, 7) is 0.910. The summed E-state index contributed by atoms with van der Waals surface area (Å²) in [5, 5.41) is 3.14. The predicted molar refractivity (Wildman–Crippen MR) is 123 cm³/mol. The number of H-pyrrole nitrogens is 1. The highest BCUT2D eigenvalue weighted by molar-refractivity contribution is 7.17. The van der Waals surface area contributed by atoms with Crippen LogP contribution in [0, 0.1) is 0 Å². The van der Waals surface area contributed by atoms with E-state index in [1.54, 1.807) is 12.1 Å². The topological polar surface area (TPSA) is 92.1 Å². The molecule has 0 radical (unpaired) electrons. The maximum absolute atomic E-state index is 13.0. The number of carbonyl (C=O) groups excluding carboxylic acids is 1. The zero-order valence-corrected chi connectivity index (χ0v) is 18.0. The number of benzene rings is 2. The van der Waals surface area contributed by atoms with Crippen molar-refractivity contribution in [1.82, 2.24) is 14.9 Å². The molecule has 0 saturated carbocycles. The van der Waals surface area contributed by atoms with Crippen LogP contribution >= 0.6 is 22.9 Å². The van der Waals surface area contributed by atoms with Crippen molar-refractivity contribution >= 4 is 39.1 Å². The maximum atomic E-state index is 13.0. The average molecular weight is 451 g/mol. The van der Waals surface area contributed by atoms with Crippen molar-refractivity contribution in [3.05, 3.63) is 86.2 Å². The van der Waals surface area contributed by atoms with Gasteiger partial charge in [-0.3, -0.25) is 14.5 Å². The molecule has 8 heteroatoms. The molecule has 0 saturated heterocycles. The minimum absolute atomic E-state index is 0.195. The predicted octanol–water partition coefficient (Wildman–Crippen LogP) is 3.72. The van der Waals surface area contributed by atoms with Crippen LogP contribution < -0.4 is 11.3 Å². The van der Waals surface area contributed by atoms with Gasteiger partial charge in [0.1, 0.15) is 10.7 Å². The first-order valence-electron chi connectivity index (χ1n) is 9.86. The van der Waals surface area contributed by atoms with E-state index in [0.717, 1.165) is 22.3 Å². The summed E-state index contributed by atoms with van der Waals surface area (Å²) in [6.07, 6.45) is 0.553. The highest BCUT2D eigenvalue weighted by Crippen LogP contribution is 2.32. The lowest BCUT2D eigenvalue weighted by Crippen LogP contribution is -2.48. The summed E-state index contributed by atoms with van der Waals surface area (Å²) >= 11 is 7.41. The molecule has 0 fully saturated rings. The number of primary amides is 1. The summed E-state index contributed by atoms with van der Waals surface area (Å²) in [5.74, 6) is 0.145. The Kier molecular flexibility index (Phi) is 5.09. The summed E-state index contributed by atoms with van der Waals surface area (Å²) in [4.78, 5) is 35.3. The van der Waals surface area contributed by atoms with Crippen molar-refractivity contribution in [1.29, 1.82) is 0 Å². The molecule has 3 N–H and O–H groups in total. The highest BCUT2D eigenvalue weighted by Gasteiger charge is 2.30. The minimum atomic E-state index is -0.441. The van der Waals surface area contributed by atoms with Crippen LogP contribution in [0.25, 0.3) is 21.3 Å². The second-order valence-corrected chi connectivity index (χ2v) is 8.94. The van der Waals surface area contributed by atoms with Crippen LogP contribution in [-0.2, 0) is 24.3 Å². The molecule has 1 amide bonds. The molecule has 4 aromatic rings. The molecule has 1 aliphatic heterocycles. The van der Waals surface area contributed by atoms with Crippen molar-refractivity contribution in [3.8, 4) is 11.1 Å². The third-order valence-electron chi connectivity index (χ3n) is 5.68. The molecule has 3 heterocycles. The third-order valence-corrected chi connectivity index (χ3v) is 6.80. The summed E-state index contributed by atoms with van der Waals surface area (Å²) in [5.41, 5.74) is 9.52. The van der Waals surface area contributed by atoms with Crippen LogP contribution in [0.3, 0.4) is 0 Å². The van der Waals surface area contributed by atoms with Crippen LogP contribution in [0.1, 0.15) is 17.0 Å². The highest BCUT2D eigenvalue weighted by atomic mass is 35.5. The second kappa shape index (κ2) is 7.92. The lowest BCUT2D eigenvalue weighted by Gasteiger charge is -2.34. The Bertz CT molecular complexity index is 1350. The van der Waals surface area contributed by atoms with E-state index in [2.05, 4.69) is 16.0 Å². The summed E-state index contributed by atoms with van der Waals surface area (Å²) in [7, 11) is 0. The monoisotopic (exact) mass is 450 g/mol. The summed E-state index contributed by atoms with van der Waals surface area (Å²) < 4.78 is 0. The van der Waals surface area contributed by atoms with Gasteiger partial charge in [-0.15, -0.1) is 11.3 Å².